The van der Waals surface area contributed by atoms with Gasteiger partial charge in [-0.05, 0) is 18.2 Å². The van der Waals surface area contributed by atoms with Crippen LogP contribution in [0.5, 0.6) is 0 Å². The fourth-order valence-corrected chi connectivity index (χ4v) is 1.68. The maximum Gasteiger partial charge on any atom is 0.248 e. The second-order valence-corrected chi connectivity index (χ2v) is 4.29. The van der Waals surface area contributed by atoms with E-state index in [4.69, 9.17) is 34.3 Å². The summed E-state index contributed by atoms with van der Waals surface area (Å²) < 4.78 is 1.10. The summed E-state index contributed by atoms with van der Waals surface area (Å²) in [5, 5.41) is 22.7. The van der Waals surface area contributed by atoms with E-state index in [0.717, 1.165) is 4.68 Å². The molecule has 1 aromatic carbocycles. The van der Waals surface area contributed by atoms with Gasteiger partial charge < -0.3 is 5.73 Å². The second-order valence-electron chi connectivity index (χ2n) is 3.45. The third kappa shape index (κ3) is 2.40. The molecule has 0 aliphatic heterocycles. The molecule has 0 fully saturated rings. The maximum absolute atomic E-state index is 9.92. The van der Waals surface area contributed by atoms with Gasteiger partial charge in [-0.25, -0.2) is 4.68 Å². The molecular weight excluding hydrogens is 277 g/mol. The lowest BCUT2D eigenvalue weighted by Crippen LogP contribution is -2.32. The summed E-state index contributed by atoms with van der Waals surface area (Å²) in [4.78, 5) is 0. The third-order valence-corrected chi connectivity index (χ3v) is 2.71. The molecule has 18 heavy (non-hydrogen) atoms. The number of benzene rings is 1. The van der Waals surface area contributed by atoms with Gasteiger partial charge in [-0.3, -0.25) is 10.6 Å². The summed E-state index contributed by atoms with van der Waals surface area (Å²) in [5.41, 5.74) is 6.05. The van der Waals surface area contributed by atoms with Crippen molar-refractivity contribution in [2.75, 3.05) is 10.8 Å². The highest BCUT2D eigenvalue weighted by Crippen LogP contribution is 2.28. The predicted octanol–water partition coefficient (Wildman–Crippen LogP) is 2.45. The Labute approximate surface area is 113 Å². The van der Waals surface area contributed by atoms with E-state index in [0.29, 0.717) is 15.8 Å². The number of hydroxylamine groups is 1. The highest BCUT2D eigenvalue weighted by molar-refractivity contribution is 6.35. The number of halogens is 2. The van der Waals surface area contributed by atoms with Crippen LogP contribution in [0.1, 0.15) is 0 Å². The van der Waals surface area contributed by atoms with Gasteiger partial charge in [0.05, 0.1) is 28.8 Å². The van der Waals surface area contributed by atoms with Crippen LogP contribution in [0.25, 0.3) is 0 Å². The van der Waals surface area contributed by atoms with Gasteiger partial charge in [-0.15, -0.1) is 0 Å². The van der Waals surface area contributed by atoms with Gasteiger partial charge in [-0.2, -0.15) is 10.2 Å². The van der Waals surface area contributed by atoms with E-state index in [2.05, 4.69) is 5.10 Å². The minimum Gasteiger partial charge on any atom is -0.396 e. The van der Waals surface area contributed by atoms with E-state index in [1.165, 1.54) is 24.5 Å². The topological polar surface area (TPSA) is 91.2 Å². The Bertz CT molecular complexity index is 598. The number of anilines is 2. The fourth-order valence-electron chi connectivity index (χ4n) is 1.31. The molecule has 2 rings (SSSR count). The SMILES string of the molecule is N=C(N(O)c1cc(Cl)ccc1Cl)n1cc(N)cn1. The molecule has 0 aliphatic rings. The van der Waals surface area contributed by atoms with Crippen LogP contribution in [-0.4, -0.2) is 20.9 Å². The lowest BCUT2D eigenvalue weighted by atomic mass is 10.3. The Morgan fingerprint density at radius 1 is 1.44 bits per heavy atom. The van der Waals surface area contributed by atoms with Crippen molar-refractivity contribution in [3.05, 3.63) is 40.6 Å². The summed E-state index contributed by atoms with van der Waals surface area (Å²) in [5.74, 6) is -0.323. The van der Waals surface area contributed by atoms with Gasteiger partial charge in [0.15, 0.2) is 0 Å². The average molecular weight is 286 g/mol. The number of nitrogen functional groups attached to an aromatic ring is 1. The molecular formula is C10H9Cl2N5O. The monoisotopic (exact) mass is 285 g/mol. The van der Waals surface area contributed by atoms with E-state index >= 15 is 0 Å². The first-order chi connectivity index (χ1) is 8.49. The van der Waals surface area contributed by atoms with Crippen molar-refractivity contribution >= 4 is 40.5 Å². The molecule has 0 saturated heterocycles. The van der Waals surface area contributed by atoms with Crippen LogP contribution in [0, 0.1) is 5.41 Å². The van der Waals surface area contributed by atoms with Crippen LogP contribution >= 0.6 is 23.2 Å². The van der Waals surface area contributed by atoms with Crippen LogP contribution in [0.15, 0.2) is 30.6 Å². The molecule has 0 saturated carbocycles. The third-order valence-electron chi connectivity index (χ3n) is 2.16. The number of rotatable bonds is 1. The van der Waals surface area contributed by atoms with Gasteiger partial charge >= 0.3 is 0 Å². The highest BCUT2D eigenvalue weighted by atomic mass is 35.5. The van der Waals surface area contributed by atoms with Gasteiger partial charge in [0.2, 0.25) is 5.96 Å². The second kappa shape index (κ2) is 4.85. The average Bonchev–Trinajstić information content (AvgIpc) is 2.77. The van der Waals surface area contributed by atoms with Crippen molar-refractivity contribution in [2.24, 2.45) is 0 Å². The first-order valence-corrected chi connectivity index (χ1v) is 5.58. The molecule has 0 bridgehead atoms. The van der Waals surface area contributed by atoms with Crippen molar-refractivity contribution in [1.82, 2.24) is 9.78 Å². The summed E-state index contributed by atoms with van der Waals surface area (Å²) in [6.45, 7) is 0. The molecule has 6 nitrogen and oxygen atoms in total. The van der Waals surface area contributed by atoms with Crippen LogP contribution in [-0.2, 0) is 0 Å². The van der Waals surface area contributed by atoms with E-state index in [-0.39, 0.29) is 16.7 Å². The summed E-state index contributed by atoms with van der Waals surface area (Å²) in [6, 6.07) is 4.54. The molecule has 1 heterocycles. The molecule has 0 unspecified atom stereocenters. The van der Waals surface area contributed by atoms with E-state index in [9.17, 15) is 5.21 Å². The van der Waals surface area contributed by atoms with Crippen molar-refractivity contribution < 1.29 is 5.21 Å². The largest absolute Gasteiger partial charge is 0.396 e. The van der Waals surface area contributed by atoms with Crippen LogP contribution < -0.4 is 10.8 Å². The summed E-state index contributed by atoms with van der Waals surface area (Å²) in [6.07, 6.45) is 2.76. The summed E-state index contributed by atoms with van der Waals surface area (Å²) in [7, 11) is 0. The van der Waals surface area contributed by atoms with Crippen LogP contribution in [0.3, 0.4) is 0 Å². The maximum atomic E-state index is 9.92. The molecule has 0 radical (unpaired) electrons. The molecule has 1 aromatic heterocycles. The van der Waals surface area contributed by atoms with E-state index in [1.54, 1.807) is 6.07 Å². The zero-order valence-corrected chi connectivity index (χ0v) is 10.5. The van der Waals surface area contributed by atoms with Crippen LogP contribution in [0.4, 0.5) is 11.4 Å². The van der Waals surface area contributed by atoms with Crippen molar-refractivity contribution in [2.45, 2.75) is 0 Å². The Morgan fingerprint density at radius 2 is 2.17 bits per heavy atom. The highest BCUT2D eigenvalue weighted by Gasteiger charge is 2.16. The van der Waals surface area contributed by atoms with Gasteiger partial charge in [-0.1, -0.05) is 23.2 Å². The molecule has 0 atom stereocenters. The summed E-state index contributed by atoms with van der Waals surface area (Å²) >= 11 is 11.7. The number of hydrogen-bond donors (Lipinski definition) is 3. The minimum absolute atomic E-state index is 0.184. The Morgan fingerprint density at radius 3 is 2.78 bits per heavy atom. The molecule has 94 valence electrons. The first-order valence-electron chi connectivity index (χ1n) is 4.82. The number of aromatic nitrogens is 2. The van der Waals surface area contributed by atoms with Crippen molar-refractivity contribution in [3.63, 3.8) is 0 Å². The van der Waals surface area contributed by atoms with Crippen LogP contribution in [0.2, 0.25) is 10.0 Å². The van der Waals surface area contributed by atoms with Gasteiger partial charge in [0.1, 0.15) is 0 Å². The standard InChI is InChI=1S/C10H9Cl2N5O/c11-6-1-2-8(12)9(3-6)17(18)10(14)16-5-7(13)4-15-16/h1-5,14,18H,13H2. The molecule has 2 aromatic rings. The first kappa shape index (κ1) is 12.7. The Hall–Kier alpha value is -1.76. The smallest absolute Gasteiger partial charge is 0.248 e. The van der Waals surface area contributed by atoms with Gasteiger partial charge in [0, 0.05) is 5.02 Å². The van der Waals surface area contributed by atoms with E-state index in [1.807, 2.05) is 0 Å². The number of nitrogens with zero attached hydrogens (tertiary/aromatic N) is 3. The van der Waals surface area contributed by atoms with Crippen molar-refractivity contribution in [3.8, 4) is 0 Å². The Balaban J connectivity index is 2.33. The normalized spacial score (nSPS) is 10.4. The number of nitrogens with two attached hydrogens (primary N) is 1. The molecule has 8 heteroatoms. The zero-order chi connectivity index (χ0) is 13.3. The zero-order valence-electron chi connectivity index (χ0n) is 9.01. The molecule has 0 amide bonds. The Kier molecular flexibility index (Phi) is 3.42. The minimum atomic E-state index is -0.323. The quantitative estimate of drug-likeness (QED) is 0.426. The van der Waals surface area contributed by atoms with Gasteiger partial charge in [0.25, 0.3) is 0 Å². The molecule has 0 aliphatic carbocycles. The molecule has 0 spiro atoms. The number of nitrogens with one attached hydrogen (secondary N) is 1. The lowest BCUT2D eigenvalue weighted by Gasteiger charge is -2.18. The molecule has 4 N–H and O–H groups in total. The van der Waals surface area contributed by atoms with E-state index < -0.39 is 0 Å². The predicted molar refractivity (Wildman–Crippen MR) is 70.5 cm³/mol. The lowest BCUT2D eigenvalue weighted by molar-refractivity contribution is 0.306. The fraction of sp³-hybridized carbons (Fsp3) is 0. The number of hydrogen-bond acceptors (Lipinski definition) is 4. The van der Waals surface area contributed by atoms with Crippen molar-refractivity contribution in [1.29, 1.82) is 5.41 Å².